The zero-order valence-electron chi connectivity index (χ0n) is 10.5. The van der Waals surface area contributed by atoms with Gasteiger partial charge in [-0.2, -0.15) is 0 Å². The first-order chi connectivity index (χ1) is 6.25. The van der Waals surface area contributed by atoms with Gasteiger partial charge in [0.25, 0.3) is 0 Å². The molecule has 0 saturated carbocycles. The molecule has 0 amide bonds. The van der Waals surface area contributed by atoms with Gasteiger partial charge in [-0.05, 0) is 0 Å². The van der Waals surface area contributed by atoms with Crippen LogP contribution < -0.4 is 0 Å². The van der Waals surface area contributed by atoms with Crippen LogP contribution in [0.3, 0.4) is 0 Å². The average molecular weight is 420 g/mol. The van der Waals surface area contributed by atoms with E-state index in [1.165, 1.54) is 4.44 Å². The Morgan fingerprint density at radius 1 is 0.929 bits per heavy atom. The second-order valence-electron chi connectivity index (χ2n) is 4.44. The topological polar surface area (TPSA) is 9.72 Å². The molecule has 0 N–H and O–H groups in total. The molecule has 5 heteroatoms. The van der Waals surface area contributed by atoms with Gasteiger partial charge in [-0.25, -0.2) is 0 Å². The fraction of sp³-hybridized carbons (Fsp3) is 1.00. The summed E-state index contributed by atoms with van der Waals surface area (Å²) in [5.74, 6) is 0. The third-order valence-electron chi connectivity index (χ3n) is 2.70. The molecule has 0 aromatic heterocycles. The number of hydrogen-bond acceptors (Lipinski definition) is 3. The van der Waals surface area contributed by atoms with Crippen molar-refractivity contribution >= 4 is 41.8 Å². The maximum atomic E-state index is 2.54. The Morgan fingerprint density at radius 2 is 1.21 bits per heavy atom. The Balaban J connectivity index is 4.95. The summed E-state index contributed by atoms with van der Waals surface area (Å²) in [5.41, 5.74) is 0. The molecular weight excluding hydrogens is 396 g/mol. The van der Waals surface area contributed by atoms with Crippen molar-refractivity contribution < 1.29 is 0 Å². The van der Waals surface area contributed by atoms with Crippen molar-refractivity contribution in [1.82, 2.24) is 9.36 Å². The van der Waals surface area contributed by atoms with E-state index in [0.717, 1.165) is 3.92 Å². The minimum absolute atomic E-state index is 0.746. The quantitative estimate of drug-likeness (QED) is 0.379. The van der Waals surface area contributed by atoms with Gasteiger partial charge in [0.2, 0.25) is 0 Å². The predicted octanol–water partition coefficient (Wildman–Crippen LogP) is 1.43. The molecule has 0 heterocycles. The van der Waals surface area contributed by atoms with E-state index in [-0.39, 0.29) is 0 Å². The second-order valence-corrected chi connectivity index (χ2v) is 19.8. The predicted molar refractivity (Wildman–Crippen MR) is 75.1 cm³/mol. The van der Waals surface area contributed by atoms with Crippen LogP contribution in [0.1, 0.15) is 6.92 Å². The van der Waals surface area contributed by atoms with E-state index in [4.69, 9.17) is 0 Å². The van der Waals surface area contributed by atoms with Gasteiger partial charge in [0.15, 0.2) is 0 Å². The average Bonchev–Trinajstić information content (AvgIpc) is 1.97. The van der Waals surface area contributed by atoms with Crippen molar-refractivity contribution in [3.05, 3.63) is 0 Å². The van der Waals surface area contributed by atoms with Gasteiger partial charge < -0.3 is 0 Å². The normalized spacial score (nSPS) is 15.6. The summed E-state index contributed by atoms with van der Waals surface area (Å²) in [4.78, 5) is 0. The number of hydrogen-bond donors (Lipinski definition) is 0. The summed E-state index contributed by atoms with van der Waals surface area (Å²) >= 11 is 0.116. The molecule has 0 radical (unpaired) electrons. The first kappa shape index (κ1) is 15.4. The number of rotatable bonds is 5. The molecule has 0 aromatic rings. The molecule has 0 rings (SSSR count). The molecular formula is C9H24IN3Sn. The fourth-order valence-electron chi connectivity index (χ4n) is 2.13. The van der Waals surface area contributed by atoms with E-state index in [1.807, 2.05) is 0 Å². The molecule has 0 aliphatic heterocycles. The summed E-state index contributed by atoms with van der Waals surface area (Å²) in [5, 5.41) is 0. The molecule has 0 aliphatic carbocycles. The van der Waals surface area contributed by atoms with Gasteiger partial charge in [0, 0.05) is 0 Å². The molecule has 14 heavy (non-hydrogen) atoms. The van der Waals surface area contributed by atoms with Gasteiger partial charge in [0.05, 0.1) is 0 Å². The van der Waals surface area contributed by atoms with E-state index >= 15 is 0 Å². The number of nitrogens with zero attached hydrogens (tertiary/aromatic N) is 3. The summed E-state index contributed by atoms with van der Waals surface area (Å²) in [6.45, 7) is 2.31. The molecule has 0 aliphatic rings. The van der Waals surface area contributed by atoms with E-state index in [2.05, 4.69) is 81.2 Å². The van der Waals surface area contributed by atoms with Crippen LogP contribution in [0.2, 0.25) is 4.44 Å². The fourth-order valence-corrected chi connectivity index (χ4v) is 18.2. The standard InChI is InChI=1S/C3H6I.3C2H6N.Sn/c1-3(2)4;3*1-3-2;/h3H,1H2,2H3;3*1-2H3;/q;3*-1;+3. The van der Waals surface area contributed by atoms with E-state index in [0.29, 0.717) is 0 Å². The minimum atomic E-state index is -2.42. The Labute approximate surface area is 108 Å². The van der Waals surface area contributed by atoms with E-state index in [9.17, 15) is 0 Å². The second kappa shape index (κ2) is 6.22. The molecule has 1 unspecified atom stereocenters. The van der Waals surface area contributed by atoms with Crippen molar-refractivity contribution in [3.8, 4) is 0 Å². The van der Waals surface area contributed by atoms with Crippen molar-refractivity contribution in [2.24, 2.45) is 0 Å². The molecule has 0 bridgehead atoms. The van der Waals surface area contributed by atoms with Crippen LogP contribution in [0.15, 0.2) is 0 Å². The summed E-state index contributed by atoms with van der Waals surface area (Å²) < 4.78 is 9.55. The Hall–Kier alpha value is 1.41. The van der Waals surface area contributed by atoms with Crippen LogP contribution >= 0.6 is 22.6 Å². The summed E-state index contributed by atoms with van der Waals surface area (Å²) in [6, 6.07) is 0. The zero-order valence-corrected chi connectivity index (χ0v) is 15.5. The Bertz CT molecular complexity index is 150. The molecule has 0 spiro atoms. The van der Waals surface area contributed by atoms with Crippen molar-refractivity contribution in [2.75, 3.05) is 42.3 Å². The maximum absolute atomic E-state index is 2.54. The Kier molecular flexibility index (Phi) is 6.85. The van der Waals surface area contributed by atoms with Crippen LogP contribution in [-0.2, 0) is 0 Å². The van der Waals surface area contributed by atoms with Gasteiger partial charge in [-0.3, -0.25) is 0 Å². The SMILES string of the molecule is CC(I)[CH2][Sn]([N](C)C)([N](C)C)[N](C)C. The zero-order chi connectivity index (χ0) is 11.5. The van der Waals surface area contributed by atoms with Gasteiger partial charge in [0.1, 0.15) is 0 Å². The van der Waals surface area contributed by atoms with Crippen LogP contribution in [0.25, 0.3) is 0 Å². The molecule has 86 valence electrons. The third kappa shape index (κ3) is 3.47. The Morgan fingerprint density at radius 3 is 1.29 bits per heavy atom. The van der Waals surface area contributed by atoms with Crippen LogP contribution in [-0.4, -0.2) is 74.8 Å². The number of alkyl halides is 1. The van der Waals surface area contributed by atoms with Gasteiger partial charge in [-0.15, -0.1) is 0 Å². The van der Waals surface area contributed by atoms with Crippen molar-refractivity contribution in [2.45, 2.75) is 15.3 Å². The molecule has 1 atom stereocenters. The summed E-state index contributed by atoms with van der Waals surface area (Å²) in [6.07, 6.45) is 0. The number of halogens is 1. The molecule has 0 fully saturated rings. The summed E-state index contributed by atoms with van der Waals surface area (Å²) in [7, 11) is 13.4. The van der Waals surface area contributed by atoms with Crippen LogP contribution in [0, 0.1) is 0 Å². The first-order valence-electron chi connectivity index (χ1n) is 4.91. The van der Waals surface area contributed by atoms with Crippen molar-refractivity contribution in [1.29, 1.82) is 0 Å². The van der Waals surface area contributed by atoms with Crippen LogP contribution in [0.4, 0.5) is 0 Å². The van der Waals surface area contributed by atoms with E-state index in [1.54, 1.807) is 0 Å². The third-order valence-corrected chi connectivity index (χ3v) is 21.1. The van der Waals surface area contributed by atoms with E-state index < -0.39 is 19.2 Å². The molecule has 3 nitrogen and oxygen atoms in total. The van der Waals surface area contributed by atoms with Gasteiger partial charge in [-0.1, -0.05) is 0 Å². The van der Waals surface area contributed by atoms with Gasteiger partial charge >= 0.3 is 109 Å². The monoisotopic (exact) mass is 421 g/mol. The van der Waals surface area contributed by atoms with Crippen LogP contribution in [0.5, 0.6) is 0 Å². The molecule has 0 saturated heterocycles. The van der Waals surface area contributed by atoms with Crippen molar-refractivity contribution in [3.63, 3.8) is 0 Å². The molecule has 0 aromatic carbocycles. The first-order valence-corrected chi connectivity index (χ1v) is 12.0.